The molecule has 1 heterocycles. The van der Waals surface area contributed by atoms with E-state index in [1.165, 1.54) is 0 Å². The monoisotopic (exact) mass is 294 g/mol. The van der Waals surface area contributed by atoms with Crippen molar-refractivity contribution in [2.45, 2.75) is 18.9 Å². The van der Waals surface area contributed by atoms with Crippen LogP contribution in [0.1, 0.15) is 24.4 Å². The number of hydrogen-bond donors (Lipinski definition) is 2. The smallest absolute Gasteiger partial charge is 0.0595 e. The van der Waals surface area contributed by atoms with E-state index in [2.05, 4.69) is 5.32 Å². The zero-order valence-corrected chi connectivity index (χ0v) is 11.8. The fraction of sp³-hybridized carbons (Fsp3) is 0.500. The molecule has 1 aliphatic heterocycles. The lowest BCUT2D eigenvalue weighted by Gasteiger charge is -2.28. The Kier molecular flexibility index (Phi) is 6.04. The number of nitrogens with two attached hydrogens (primary N) is 1. The summed E-state index contributed by atoms with van der Waals surface area (Å²) in [7, 11) is 0. The quantitative estimate of drug-likeness (QED) is 0.877. The fourth-order valence-electron chi connectivity index (χ4n) is 2.20. The first-order chi connectivity index (χ1) is 7.68. The lowest BCUT2D eigenvalue weighted by molar-refractivity contribution is 0.322. The Morgan fingerprint density at radius 3 is 2.41 bits per heavy atom. The van der Waals surface area contributed by atoms with Crippen molar-refractivity contribution in [3.05, 3.63) is 33.8 Å². The van der Waals surface area contributed by atoms with E-state index >= 15 is 0 Å². The van der Waals surface area contributed by atoms with Gasteiger partial charge in [0.15, 0.2) is 0 Å². The minimum atomic E-state index is 0. The molecule has 1 aromatic carbocycles. The molecule has 1 saturated heterocycles. The molecular weight excluding hydrogens is 279 g/mol. The molecule has 0 bridgehead atoms. The van der Waals surface area contributed by atoms with Gasteiger partial charge in [0, 0.05) is 6.04 Å². The van der Waals surface area contributed by atoms with Crippen LogP contribution in [-0.2, 0) is 0 Å². The van der Waals surface area contributed by atoms with Crippen LogP contribution in [0, 0.1) is 5.92 Å². The second kappa shape index (κ2) is 6.81. The van der Waals surface area contributed by atoms with Gasteiger partial charge in [-0.1, -0.05) is 29.3 Å². The molecule has 17 heavy (non-hydrogen) atoms. The third-order valence-electron chi connectivity index (χ3n) is 3.22. The Morgan fingerprint density at radius 2 is 1.82 bits per heavy atom. The van der Waals surface area contributed by atoms with E-state index < -0.39 is 0 Å². The SMILES string of the molecule is Cl.N[C@@H](c1ccc(Cl)c(Cl)c1)C1CCNCC1. The van der Waals surface area contributed by atoms with Crippen LogP contribution < -0.4 is 11.1 Å². The van der Waals surface area contributed by atoms with Gasteiger partial charge in [0.2, 0.25) is 0 Å². The zero-order chi connectivity index (χ0) is 11.5. The average molecular weight is 296 g/mol. The minimum absolute atomic E-state index is 0. The Balaban J connectivity index is 0.00000144. The van der Waals surface area contributed by atoms with Crippen molar-refractivity contribution in [3.8, 4) is 0 Å². The molecule has 1 aliphatic rings. The summed E-state index contributed by atoms with van der Waals surface area (Å²) in [5.74, 6) is 0.540. The summed E-state index contributed by atoms with van der Waals surface area (Å²) in [6.07, 6.45) is 2.25. The van der Waals surface area contributed by atoms with Gasteiger partial charge in [0.05, 0.1) is 10.0 Å². The lowest BCUT2D eigenvalue weighted by atomic mass is 9.87. The van der Waals surface area contributed by atoms with Crippen LogP contribution in [0.4, 0.5) is 0 Å². The summed E-state index contributed by atoms with van der Waals surface area (Å²) < 4.78 is 0. The van der Waals surface area contributed by atoms with Crippen molar-refractivity contribution in [3.63, 3.8) is 0 Å². The molecule has 2 rings (SSSR count). The highest BCUT2D eigenvalue weighted by atomic mass is 35.5. The number of hydrogen-bond acceptors (Lipinski definition) is 2. The van der Waals surface area contributed by atoms with E-state index in [-0.39, 0.29) is 18.4 Å². The van der Waals surface area contributed by atoms with Crippen molar-refractivity contribution in [1.29, 1.82) is 0 Å². The number of benzene rings is 1. The third kappa shape index (κ3) is 3.73. The van der Waals surface area contributed by atoms with Gasteiger partial charge in [-0.05, 0) is 49.5 Å². The summed E-state index contributed by atoms with van der Waals surface area (Å²) in [4.78, 5) is 0. The normalized spacial score (nSPS) is 18.5. The molecule has 0 aliphatic carbocycles. The molecule has 1 atom stereocenters. The standard InChI is InChI=1S/C12H16Cl2N2.ClH/c13-10-2-1-9(7-11(10)14)12(15)8-3-5-16-6-4-8;/h1-2,7-8,12,16H,3-6,15H2;1H/t12-;/m1./s1. The van der Waals surface area contributed by atoms with Crippen LogP contribution in [0.3, 0.4) is 0 Å². The number of nitrogens with one attached hydrogen (secondary N) is 1. The van der Waals surface area contributed by atoms with Crippen LogP contribution in [0.15, 0.2) is 18.2 Å². The highest BCUT2D eigenvalue weighted by Crippen LogP contribution is 2.30. The van der Waals surface area contributed by atoms with Crippen molar-refractivity contribution in [1.82, 2.24) is 5.32 Å². The van der Waals surface area contributed by atoms with Crippen molar-refractivity contribution >= 4 is 35.6 Å². The predicted octanol–water partition coefficient (Wildman–Crippen LogP) is 3.41. The van der Waals surface area contributed by atoms with Gasteiger partial charge >= 0.3 is 0 Å². The number of rotatable bonds is 2. The Bertz CT molecular complexity index is 365. The molecule has 0 aromatic heterocycles. The number of piperidine rings is 1. The molecule has 3 N–H and O–H groups in total. The zero-order valence-electron chi connectivity index (χ0n) is 9.46. The van der Waals surface area contributed by atoms with E-state index in [9.17, 15) is 0 Å². The van der Waals surface area contributed by atoms with Crippen LogP contribution >= 0.6 is 35.6 Å². The Labute approximate surface area is 118 Å². The Morgan fingerprint density at radius 1 is 1.18 bits per heavy atom. The highest BCUT2D eigenvalue weighted by Gasteiger charge is 2.21. The van der Waals surface area contributed by atoms with Gasteiger partial charge in [-0.3, -0.25) is 0 Å². The molecule has 1 fully saturated rings. The highest BCUT2D eigenvalue weighted by molar-refractivity contribution is 6.42. The molecule has 96 valence electrons. The van der Waals surface area contributed by atoms with E-state index in [1.807, 2.05) is 18.2 Å². The maximum Gasteiger partial charge on any atom is 0.0595 e. The molecule has 0 radical (unpaired) electrons. The molecule has 0 unspecified atom stereocenters. The number of halogens is 3. The summed E-state index contributed by atoms with van der Waals surface area (Å²) in [5.41, 5.74) is 7.34. The van der Waals surface area contributed by atoms with Crippen LogP contribution in [0.2, 0.25) is 10.0 Å². The van der Waals surface area contributed by atoms with E-state index in [0.717, 1.165) is 31.5 Å². The summed E-state index contributed by atoms with van der Waals surface area (Å²) in [6.45, 7) is 2.11. The minimum Gasteiger partial charge on any atom is -0.324 e. The molecule has 5 heteroatoms. The van der Waals surface area contributed by atoms with Gasteiger partial charge in [0.25, 0.3) is 0 Å². The summed E-state index contributed by atoms with van der Waals surface area (Å²) in [5, 5.41) is 4.51. The molecular formula is C12H17Cl3N2. The van der Waals surface area contributed by atoms with Crippen molar-refractivity contribution in [2.24, 2.45) is 11.7 Å². The van der Waals surface area contributed by atoms with E-state index in [1.54, 1.807) is 0 Å². The molecule has 0 amide bonds. The maximum atomic E-state index is 6.26. The topological polar surface area (TPSA) is 38.0 Å². The van der Waals surface area contributed by atoms with E-state index in [0.29, 0.717) is 16.0 Å². The van der Waals surface area contributed by atoms with Gasteiger partial charge in [0.1, 0.15) is 0 Å². The average Bonchev–Trinajstić information content (AvgIpc) is 2.33. The summed E-state index contributed by atoms with van der Waals surface area (Å²) in [6, 6.07) is 5.74. The Hall–Kier alpha value is 0.01000. The molecule has 0 saturated carbocycles. The van der Waals surface area contributed by atoms with Crippen molar-refractivity contribution in [2.75, 3.05) is 13.1 Å². The first kappa shape index (κ1) is 15.1. The van der Waals surface area contributed by atoms with Gasteiger partial charge in [-0.15, -0.1) is 12.4 Å². The third-order valence-corrected chi connectivity index (χ3v) is 3.96. The second-order valence-corrected chi connectivity index (χ2v) is 5.10. The first-order valence-corrected chi connectivity index (χ1v) is 6.35. The van der Waals surface area contributed by atoms with Crippen molar-refractivity contribution < 1.29 is 0 Å². The maximum absolute atomic E-state index is 6.26. The molecule has 2 nitrogen and oxygen atoms in total. The fourth-order valence-corrected chi connectivity index (χ4v) is 2.50. The molecule has 1 aromatic rings. The molecule has 0 spiro atoms. The van der Waals surface area contributed by atoms with Crippen LogP contribution in [0.5, 0.6) is 0 Å². The largest absolute Gasteiger partial charge is 0.324 e. The summed E-state index contributed by atoms with van der Waals surface area (Å²) >= 11 is 11.9. The lowest BCUT2D eigenvalue weighted by Crippen LogP contribution is -2.33. The van der Waals surface area contributed by atoms with Crippen LogP contribution in [-0.4, -0.2) is 13.1 Å². The van der Waals surface area contributed by atoms with Gasteiger partial charge < -0.3 is 11.1 Å². The van der Waals surface area contributed by atoms with E-state index in [4.69, 9.17) is 28.9 Å². The second-order valence-electron chi connectivity index (χ2n) is 4.29. The predicted molar refractivity (Wildman–Crippen MR) is 76.2 cm³/mol. The van der Waals surface area contributed by atoms with Gasteiger partial charge in [-0.2, -0.15) is 0 Å². The van der Waals surface area contributed by atoms with Gasteiger partial charge in [-0.25, -0.2) is 0 Å². The van der Waals surface area contributed by atoms with Crippen LogP contribution in [0.25, 0.3) is 0 Å². The first-order valence-electron chi connectivity index (χ1n) is 5.59.